The van der Waals surface area contributed by atoms with Crippen molar-refractivity contribution in [2.24, 2.45) is 5.73 Å². The Bertz CT molecular complexity index is 397. The fourth-order valence-electron chi connectivity index (χ4n) is 2.79. The highest BCUT2D eigenvalue weighted by atomic mass is 16.5. The molecule has 1 aliphatic rings. The highest BCUT2D eigenvalue weighted by molar-refractivity contribution is 5.37. The van der Waals surface area contributed by atoms with Crippen molar-refractivity contribution < 1.29 is 4.74 Å². The van der Waals surface area contributed by atoms with Gasteiger partial charge in [0.1, 0.15) is 5.75 Å². The lowest BCUT2D eigenvalue weighted by molar-refractivity contribution is 0.123. The van der Waals surface area contributed by atoms with Crippen LogP contribution in [0.4, 0.5) is 0 Å². The second-order valence-corrected chi connectivity index (χ2v) is 5.57. The van der Waals surface area contributed by atoms with Crippen LogP contribution in [0.5, 0.6) is 5.75 Å². The molecule has 1 atom stereocenters. The molecule has 1 unspecified atom stereocenters. The highest BCUT2D eigenvalue weighted by Gasteiger charge is 2.36. The van der Waals surface area contributed by atoms with Crippen molar-refractivity contribution in [3.63, 3.8) is 0 Å². The molecule has 1 aromatic rings. The zero-order valence-corrected chi connectivity index (χ0v) is 11.6. The number of hydrogen-bond donors (Lipinski definition) is 1. The van der Waals surface area contributed by atoms with E-state index in [1.165, 1.54) is 12.8 Å². The van der Waals surface area contributed by atoms with Crippen LogP contribution in [0.25, 0.3) is 0 Å². The van der Waals surface area contributed by atoms with Crippen molar-refractivity contribution in [2.75, 3.05) is 20.2 Å². The molecule has 0 saturated carbocycles. The average Bonchev–Trinajstić information content (AvgIpc) is 2.92. The summed E-state index contributed by atoms with van der Waals surface area (Å²) in [5, 5.41) is 0. The summed E-state index contributed by atoms with van der Waals surface area (Å²) in [6, 6.07) is 8.03. The van der Waals surface area contributed by atoms with Gasteiger partial charge in [0.25, 0.3) is 0 Å². The fraction of sp³-hybridized carbons (Fsp3) is 0.600. The number of likely N-dealkylation sites (tertiary alicyclic amines) is 1. The number of benzene rings is 1. The summed E-state index contributed by atoms with van der Waals surface area (Å²) in [4.78, 5) is 2.49. The Kier molecular flexibility index (Phi) is 3.93. The summed E-state index contributed by atoms with van der Waals surface area (Å²) in [6.45, 7) is 6.76. The monoisotopic (exact) mass is 248 g/mol. The van der Waals surface area contributed by atoms with Gasteiger partial charge in [0.15, 0.2) is 0 Å². The van der Waals surface area contributed by atoms with Gasteiger partial charge in [0, 0.05) is 11.1 Å². The first kappa shape index (κ1) is 13.4. The summed E-state index contributed by atoms with van der Waals surface area (Å²) in [5.41, 5.74) is 7.57. The Morgan fingerprint density at radius 1 is 1.22 bits per heavy atom. The Labute approximate surface area is 110 Å². The molecule has 0 bridgehead atoms. The van der Waals surface area contributed by atoms with E-state index < -0.39 is 0 Å². The van der Waals surface area contributed by atoms with E-state index in [-0.39, 0.29) is 11.6 Å². The Morgan fingerprint density at radius 3 is 2.44 bits per heavy atom. The van der Waals surface area contributed by atoms with Crippen molar-refractivity contribution in [3.8, 4) is 5.75 Å². The third-order valence-corrected chi connectivity index (χ3v) is 4.16. The van der Waals surface area contributed by atoms with Crippen LogP contribution >= 0.6 is 0 Å². The number of ether oxygens (including phenoxy) is 1. The van der Waals surface area contributed by atoms with Gasteiger partial charge in [0.2, 0.25) is 0 Å². The van der Waals surface area contributed by atoms with Crippen molar-refractivity contribution in [1.82, 2.24) is 4.90 Å². The Balaban J connectivity index is 2.26. The van der Waals surface area contributed by atoms with Crippen LogP contribution in [0.2, 0.25) is 0 Å². The van der Waals surface area contributed by atoms with E-state index in [0.717, 1.165) is 24.4 Å². The molecule has 1 saturated heterocycles. The van der Waals surface area contributed by atoms with E-state index in [9.17, 15) is 0 Å². The molecule has 1 aromatic carbocycles. The molecule has 100 valence electrons. The maximum Gasteiger partial charge on any atom is 0.123 e. The maximum atomic E-state index is 6.51. The molecule has 0 radical (unpaired) electrons. The molecule has 1 fully saturated rings. The van der Waals surface area contributed by atoms with Crippen molar-refractivity contribution in [2.45, 2.75) is 38.3 Å². The van der Waals surface area contributed by atoms with Crippen LogP contribution in [-0.4, -0.2) is 30.6 Å². The molecular weight excluding hydrogens is 224 g/mol. The minimum Gasteiger partial charge on any atom is -0.496 e. The maximum absolute atomic E-state index is 6.51. The molecule has 3 heteroatoms. The summed E-state index contributed by atoms with van der Waals surface area (Å²) < 4.78 is 5.43. The molecular formula is C15H24N2O. The summed E-state index contributed by atoms with van der Waals surface area (Å²) in [6.07, 6.45) is 2.56. The molecule has 0 aromatic heterocycles. The fourth-order valence-corrected chi connectivity index (χ4v) is 2.79. The second kappa shape index (κ2) is 5.29. The first-order valence-electron chi connectivity index (χ1n) is 6.71. The topological polar surface area (TPSA) is 38.5 Å². The van der Waals surface area contributed by atoms with Gasteiger partial charge in [-0.15, -0.1) is 0 Å². The number of nitrogens with two attached hydrogens (primary N) is 1. The van der Waals surface area contributed by atoms with Crippen molar-refractivity contribution in [3.05, 3.63) is 29.8 Å². The summed E-state index contributed by atoms with van der Waals surface area (Å²) in [5.74, 6) is 0.886. The number of methoxy groups -OCH3 is 1. The van der Waals surface area contributed by atoms with Crippen LogP contribution in [-0.2, 0) is 0 Å². The minimum absolute atomic E-state index is 0.0354. The van der Waals surface area contributed by atoms with Gasteiger partial charge in [-0.05, 0) is 45.8 Å². The largest absolute Gasteiger partial charge is 0.496 e. The summed E-state index contributed by atoms with van der Waals surface area (Å²) >= 11 is 0. The van der Waals surface area contributed by atoms with Crippen LogP contribution in [0.1, 0.15) is 38.3 Å². The molecule has 0 aliphatic carbocycles. The molecule has 2 N–H and O–H groups in total. The van der Waals surface area contributed by atoms with E-state index in [2.05, 4.69) is 24.8 Å². The van der Waals surface area contributed by atoms with Gasteiger partial charge < -0.3 is 10.5 Å². The third kappa shape index (κ3) is 2.38. The number of nitrogens with zero attached hydrogens (tertiary/aromatic N) is 1. The van der Waals surface area contributed by atoms with Gasteiger partial charge in [-0.1, -0.05) is 18.2 Å². The molecule has 2 rings (SSSR count). The highest BCUT2D eigenvalue weighted by Crippen LogP contribution is 2.35. The zero-order valence-electron chi connectivity index (χ0n) is 11.6. The van der Waals surface area contributed by atoms with Crippen molar-refractivity contribution in [1.29, 1.82) is 0 Å². The van der Waals surface area contributed by atoms with Crippen LogP contribution in [0.15, 0.2) is 24.3 Å². The number of rotatable bonds is 4. The Hall–Kier alpha value is -1.06. The molecule has 3 nitrogen and oxygen atoms in total. The third-order valence-electron chi connectivity index (χ3n) is 4.16. The molecule has 18 heavy (non-hydrogen) atoms. The summed E-state index contributed by atoms with van der Waals surface area (Å²) in [7, 11) is 1.70. The smallest absolute Gasteiger partial charge is 0.123 e. The quantitative estimate of drug-likeness (QED) is 0.890. The van der Waals surface area contributed by atoms with E-state index in [1.807, 2.05) is 18.2 Å². The first-order valence-corrected chi connectivity index (χ1v) is 6.71. The zero-order chi connectivity index (χ0) is 13.2. The van der Waals surface area contributed by atoms with E-state index in [0.29, 0.717) is 0 Å². The second-order valence-electron chi connectivity index (χ2n) is 5.57. The molecule has 1 aliphatic heterocycles. The van der Waals surface area contributed by atoms with Gasteiger partial charge in [0.05, 0.1) is 13.2 Å². The van der Waals surface area contributed by atoms with Crippen LogP contribution < -0.4 is 10.5 Å². The molecule has 1 heterocycles. The normalized spacial score (nSPS) is 18.9. The SMILES string of the molecule is COc1ccccc1C(N)C(C)(C)N1CCCC1. The molecule has 0 amide bonds. The van der Waals surface area contributed by atoms with Gasteiger partial charge in [-0.3, -0.25) is 4.90 Å². The standard InChI is InChI=1S/C15H24N2O/c1-15(2,17-10-6-7-11-17)14(16)12-8-4-5-9-13(12)18-3/h4-5,8-9,14H,6-7,10-11,16H2,1-3H3. The molecule has 0 spiro atoms. The lowest BCUT2D eigenvalue weighted by Gasteiger charge is -2.40. The first-order chi connectivity index (χ1) is 8.57. The van der Waals surface area contributed by atoms with Gasteiger partial charge in [-0.25, -0.2) is 0 Å². The lowest BCUT2D eigenvalue weighted by atomic mass is 9.87. The van der Waals surface area contributed by atoms with Crippen LogP contribution in [0.3, 0.4) is 0 Å². The minimum atomic E-state index is -0.0366. The van der Waals surface area contributed by atoms with E-state index in [1.54, 1.807) is 7.11 Å². The van der Waals surface area contributed by atoms with E-state index >= 15 is 0 Å². The predicted octanol–water partition coefficient (Wildman–Crippen LogP) is 2.57. The Morgan fingerprint density at radius 2 is 1.83 bits per heavy atom. The van der Waals surface area contributed by atoms with Crippen molar-refractivity contribution >= 4 is 0 Å². The average molecular weight is 248 g/mol. The van der Waals surface area contributed by atoms with Crippen LogP contribution in [0, 0.1) is 0 Å². The van der Waals surface area contributed by atoms with Gasteiger partial charge in [-0.2, -0.15) is 0 Å². The lowest BCUT2D eigenvalue weighted by Crippen LogP contribution is -2.50. The van der Waals surface area contributed by atoms with Gasteiger partial charge >= 0.3 is 0 Å². The number of hydrogen-bond acceptors (Lipinski definition) is 3. The predicted molar refractivity (Wildman–Crippen MR) is 74.8 cm³/mol. The van der Waals surface area contributed by atoms with E-state index in [4.69, 9.17) is 10.5 Å². The number of para-hydroxylation sites is 1.